The molecule has 0 atom stereocenters. The molecule has 0 aliphatic rings. The fourth-order valence-corrected chi connectivity index (χ4v) is 5.22. The van der Waals surface area contributed by atoms with Crippen molar-refractivity contribution >= 4 is 32.7 Å². The lowest BCUT2D eigenvalue weighted by Gasteiger charge is -2.19. The molecule has 39 heavy (non-hydrogen) atoms. The fourth-order valence-electron chi connectivity index (χ4n) is 4.17. The molecular formula is C30H36N4O4S. The summed E-state index contributed by atoms with van der Waals surface area (Å²) in [5.74, 6) is 0.286. The average molecular weight is 549 g/mol. The number of likely N-dealkylation sites (N-methyl/N-ethyl adjacent to an activating group) is 1. The third kappa shape index (κ3) is 6.79. The fraction of sp³-hybridized carbons (Fsp3) is 0.300. The molecule has 1 heterocycles. The van der Waals surface area contributed by atoms with E-state index >= 15 is 0 Å². The number of nitrogens with zero attached hydrogens (tertiary/aromatic N) is 1. The van der Waals surface area contributed by atoms with E-state index in [9.17, 15) is 13.2 Å². The van der Waals surface area contributed by atoms with Crippen LogP contribution in [0.5, 0.6) is 5.88 Å². The van der Waals surface area contributed by atoms with Gasteiger partial charge in [-0.2, -0.15) is 0 Å². The van der Waals surface area contributed by atoms with Crippen LogP contribution in [-0.2, 0) is 15.4 Å². The van der Waals surface area contributed by atoms with Crippen LogP contribution in [-0.4, -0.2) is 51.6 Å². The van der Waals surface area contributed by atoms with Gasteiger partial charge in [-0.3, -0.25) is 4.72 Å². The Hall–Kier alpha value is -3.82. The smallest absolute Gasteiger partial charge is 0.393 e. The van der Waals surface area contributed by atoms with Crippen LogP contribution in [0.3, 0.4) is 0 Å². The van der Waals surface area contributed by atoms with Crippen molar-refractivity contribution in [3.8, 4) is 17.0 Å². The minimum atomic E-state index is -3.82. The molecular weight excluding hydrogens is 512 g/mol. The quantitative estimate of drug-likeness (QED) is 0.255. The topological polar surface area (TPSA) is 104 Å². The number of aromatic amines is 1. The lowest BCUT2D eigenvalue weighted by Crippen LogP contribution is -2.33. The van der Waals surface area contributed by atoms with Crippen LogP contribution in [0.4, 0.5) is 10.5 Å². The van der Waals surface area contributed by atoms with Gasteiger partial charge in [-0.1, -0.05) is 62.7 Å². The Morgan fingerprint density at radius 1 is 0.974 bits per heavy atom. The van der Waals surface area contributed by atoms with Crippen molar-refractivity contribution in [3.63, 3.8) is 0 Å². The number of hydrogen-bond donors (Lipinski definition) is 3. The number of fused-ring (bicyclic) bond motifs is 1. The summed E-state index contributed by atoms with van der Waals surface area (Å²) in [7, 11) is 0.0307. The molecule has 3 N–H and O–H groups in total. The van der Waals surface area contributed by atoms with Gasteiger partial charge in [-0.05, 0) is 67.9 Å². The number of carbonyl (C=O) groups is 1. The van der Waals surface area contributed by atoms with Crippen LogP contribution >= 0.6 is 0 Å². The number of anilines is 1. The molecule has 0 saturated carbocycles. The van der Waals surface area contributed by atoms with Gasteiger partial charge >= 0.3 is 6.09 Å². The van der Waals surface area contributed by atoms with Gasteiger partial charge in [0, 0.05) is 29.7 Å². The molecule has 0 radical (unpaired) electrons. The average Bonchev–Trinajstić information content (AvgIpc) is 3.20. The minimum Gasteiger partial charge on any atom is -0.393 e. The molecule has 0 unspecified atom stereocenters. The third-order valence-electron chi connectivity index (χ3n) is 6.41. The number of amides is 1. The van der Waals surface area contributed by atoms with Gasteiger partial charge in [0.1, 0.15) is 0 Å². The Balaban J connectivity index is 1.68. The van der Waals surface area contributed by atoms with E-state index in [0.29, 0.717) is 29.9 Å². The van der Waals surface area contributed by atoms with Gasteiger partial charge in [0.2, 0.25) is 5.88 Å². The van der Waals surface area contributed by atoms with Crippen LogP contribution in [0.1, 0.15) is 31.9 Å². The molecule has 206 valence electrons. The number of benzene rings is 3. The number of sulfonamides is 1. The van der Waals surface area contributed by atoms with Gasteiger partial charge in [0.05, 0.1) is 10.5 Å². The van der Waals surface area contributed by atoms with Crippen LogP contribution < -0.4 is 14.8 Å². The lowest BCUT2D eigenvalue weighted by molar-refractivity contribution is 0.198. The third-order valence-corrected chi connectivity index (χ3v) is 7.81. The van der Waals surface area contributed by atoms with Gasteiger partial charge in [-0.15, -0.1) is 0 Å². The summed E-state index contributed by atoms with van der Waals surface area (Å²) in [6, 6.07) is 20.0. The SMILES string of the molecule is Cc1ccc(-c2c(OC(=O)NCCN(C)C)[nH]c3ccc(NS(=O)(=O)c4ccc(C(C)(C)C)cc4)cc23)cc1. The highest BCUT2D eigenvalue weighted by Gasteiger charge is 2.21. The molecule has 0 spiro atoms. The number of carbonyl (C=O) groups excluding carboxylic acids is 1. The summed E-state index contributed by atoms with van der Waals surface area (Å²) in [4.78, 5) is 17.9. The van der Waals surface area contributed by atoms with Gasteiger partial charge in [0.15, 0.2) is 0 Å². The van der Waals surface area contributed by atoms with Gasteiger partial charge in [0.25, 0.3) is 10.0 Å². The second-order valence-electron chi connectivity index (χ2n) is 11.0. The molecule has 0 fully saturated rings. The highest BCUT2D eigenvalue weighted by Crippen LogP contribution is 2.39. The van der Waals surface area contributed by atoms with Crippen molar-refractivity contribution in [1.82, 2.24) is 15.2 Å². The monoisotopic (exact) mass is 548 g/mol. The molecule has 1 amide bonds. The zero-order valence-electron chi connectivity index (χ0n) is 23.3. The zero-order chi connectivity index (χ0) is 28.4. The molecule has 0 bridgehead atoms. The summed E-state index contributed by atoms with van der Waals surface area (Å²) < 4.78 is 34.8. The number of rotatable bonds is 8. The summed E-state index contributed by atoms with van der Waals surface area (Å²) in [6.45, 7) is 9.35. The first-order valence-corrected chi connectivity index (χ1v) is 14.3. The number of ether oxygens (including phenoxy) is 1. The number of nitrogens with one attached hydrogen (secondary N) is 3. The molecule has 1 aromatic heterocycles. The minimum absolute atomic E-state index is 0.0789. The first-order valence-electron chi connectivity index (χ1n) is 12.8. The van der Waals surface area contributed by atoms with Crippen molar-refractivity contribution in [2.45, 2.75) is 38.0 Å². The molecule has 3 aromatic carbocycles. The maximum Gasteiger partial charge on any atom is 0.413 e. The van der Waals surface area contributed by atoms with Gasteiger partial charge in [-0.25, -0.2) is 13.2 Å². The molecule has 0 aliphatic heterocycles. The predicted octanol–water partition coefficient (Wildman–Crippen LogP) is 5.89. The Kier molecular flexibility index (Phi) is 8.04. The van der Waals surface area contributed by atoms with E-state index in [1.54, 1.807) is 30.3 Å². The maximum atomic E-state index is 13.2. The molecule has 9 heteroatoms. The Bertz CT molecular complexity index is 1570. The number of aryl methyl sites for hydroxylation is 1. The van der Waals surface area contributed by atoms with Crippen LogP contribution in [0.15, 0.2) is 71.6 Å². The Morgan fingerprint density at radius 2 is 1.64 bits per heavy atom. The predicted molar refractivity (Wildman–Crippen MR) is 157 cm³/mol. The summed E-state index contributed by atoms with van der Waals surface area (Å²) in [5, 5.41) is 3.47. The molecule has 8 nitrogen and oxygen atoms in total. The Morgan fingerprint density at radius 3 is 2.26 bits per heavy atom. The highest BCUT2D eigenvalue weighted by molar-refractivity contribution is 7.92. The number of hydrogen-bond acceptors (Lipinski definition) is 5. The van der Waals surface area contributed by atoms with Crippen molar-refractivity contribution in [2.24, 2.45) is 0 Å². The molecule has 0 aliphatic carbocycles. The second-order valence-corrected chi connectivity index (χ2v) is 12.6. The van der Waals surface area contributed by atoms with Crippen LogP contribution in [0.25, 0.3) is 22.0 Å². The van der Waals surface area contributed by atoms with E-state index in [1.165, 1.54) is 0 Å². The van der Waals surface area contributed by atoms with E-state index in [-0.39, 0.29) is 16.2 Å². The second kappa shape index (κ2) is 11.1. The van der Waals surface area contributed by atoms with E-state index in [0.717, 1.165) is 22.1 Å². The standard InChI is InChI=1S/C30H36N4O4S/c1-20-7-9-21(10-8-20)27-25-19-23(33-39(36,37)24-14-11-22(12-15-24)30(2,3)4)13-16-26(25)32-28(27)38-29(35)31-17-18-34(5)6/h7-16,19,32-33H,17-18H2,1-6H3,(H,31,35). The maximum absolute atomic E-state index is 13.2. The molecule has 4 rings (SSSR count). The van der Waals surface area contributed by atoms with Crippen molar-refractivity contribution in [1.29, 1.82) is 0 Å². The molecule has 4 aromatic rings. The van der Waals surface area contributed by atoms with Crippen LogP contribution in [0.2, 0.25) is 0 Å². The number of aromatic nitrogens is 1. The largest absolute Gasteiger partial charge is 0.413 e. The summed E-state index contributed by atoms with van der Waals surface area (Å²) in [5.41, 5.74) is 4.68. The first kappa shape index (κ1) is 28.2. The summed E-state index contributed by atoms with van der Waals surface area (Å²) in [6.07, 6.45) is -0.573. The summed E-state index contributed by atoms with van der Waals surface area (Å²) >= 11 is 0. The van der Waals surface area contributed by atoms with Crippen molar-refractivity contribution in [2.75, 3.05) is 31.9 Å². The first-order chi connectivity index (χ1) is 18.3. The highest BCUT2D eigenvalue weighted by atomic mass is 32.2. The van der Waals surface area contributed by atoms with E-state index < -0.39 is 16.1 Å². The molecule has 0 saturated heterocycles. The normalized spacial score (nSPS) is 12.1. The lowest BCUT2D eigenvalue weighted by atomic mass is 9.87. The van der Waals surface area contributed by atoms with E-state index in [2.05, 4.69) is 35.8 Å². The number of H-pyrrole nitrogens is 1. The zero-order valence-corrected chi connectivity index (χ0v) is 24.1. The van der Waals surface area contributed by atoms with E-state index in [1.807, 2.05) is 62.3 Å². The Labute approximate surface area is 230 Å². The van der Waals surface area contributed by atoms with Crippen molar-refractivity contribution in [3.05, 3.63) is 77.9 Å². The van der Waals surface area contributed by atoms with E-state index in [4.69, 9.17) is 4.74 Å². The van der Waals surface area contributed by atoms with Gasteiger partial charge < -0.3 is 19.9 Å². The van der Waals surface area contributed by atoms with Crippen LogP contribution in [0, 0.1) is 6.92 Å². The van der Waals surface area contributed by atoms with Crippen molar-refractivity contribution < 1.29 is 17.9 Å².